The van der Waals surface area contributed by atoms with Crippen molar-refractivity contribution >= 4 is 21.6 Å². The maximum Gasteiger partial charge on any atom is 0.244 e. The molecule has 0 aliphatic rings. The summed E-state index contributed by atoms with van der Waals surface area (Å²) < 4.78 is 26.3. The molecule has 0 heterocycles. The van der Waals surface area contributed by atoms with Crippen LogP contribution in [0.15, 0.2) is 36.4 Å². The van der Waals surface area contributed by atoms with Crippen LogP contribution in [0.4, 0.5) is 5.69 Å². The molecule has 2 rings (SSSR count). The SMILES string of the molecule is CC[C@H](NC(=O)[C@H](C)N(c1ccc(C)c(C)c1)S(C)(=O)=O)c1ccc(C)cc1C. The van der Waals surface area contributed by atoms with Gasteiger partial charge in [-0.2, -0.15) is 0 Å². The molecule has 0 fully saturated rings. The van der Waals surface area contributed by atoms with Crippen LogP contribution in [0.2, 0.25) is 0 Å². The van der Waals surface area contributed by atoms with E-state index >= 15 is 0 Å². The Bertz CT molecular complexity index is 999. The fourth-order valence-electron chi connectivity index (χ4n) is 3.58. The summed E-state index contributed by atoms with van der Waals surface area (Å²) in [7, 11) is -3.64. The molecule has 2 aromatic rings. The van der Waals surface area contributed by atoms with E-state index in [0.717, 1.165) is 28.5 Å². The van der Waals surface area contributed by atoms with Crippen LogP contribution in [0, 0.1) is 27.7 Å². The van der Waals surface area contributed by atoms with Gasteiger partial charge in [-0.3, -0.25) is 9.10 Å². The molecule has 0 spiro atoms. The molecule has 6 heteroatoms. The summed E-state index contributed by atoms with van der Waals surface area (Å²) in [4.78, 5) is 13.1. The lowest BCUT2D eigenvalue weighted by Gasteiger charge is -2.30. The van der Waals surface area contributed by atoms with Crippen LogP contribution < -0.4 is 9.62 Å². The van der Waals surface area contributed by atoms with Gasteiger partial charge in [-0.15, -0.1) is 0 Å². The lowest BCUT2D eigenvalue weighted by molar-refractivity contribution is -0.122. The zero-order valence-electron chi connectivity index (χ0n) is 18.4. The third-order valence-electron chi connectivity index (χ3n) is 5.36. The first-order valence-electron chi connectivity index (χ1n) is 9.89. The Balaban J connectivity index is 2.34. The zero-order chi connectivity index (χ0) is 21.9. The Hall–Kier alpha value is -2.34. The minimum Gasteiger partial charge on any atom is -0.347 e. The maximum absolute atomic E-state index is 13.1. The number of rotatable bonds is 7. The summed E-state index contributed by atoms with van der Waals surface area (Å²) in [5, 5.41) is 3.05. The van der Waals surface area contributed by atoms with Gasteiger partial charge in [0.25, 0.3) is 0 Å². The fraction of sp³-hybridized carbons (Fsp3) is 0.435. The standard InChI is InChI=1S/C23H32N2O3S/c1-8-22(21-12-9-15(2)13-18(21)5)24-23(26)19(6)25(29(7,27)28)20-11-10-16(3)17(4)14-20/h9-14,19,22H,8H2,1-7H3,(H,24,26)/t19-,22-/m0/s1. The highest BCUT2D eigenvalue weighted by Crippen LogP contribution is 2.26. The van der Waals surface area contributed by atoms with Crippen LogP contribution in [-0.2, 0) is 14.8 Å². The summed E-state index contributed by atoms with van der Waals surface area (Å²) in [6.45, 7) is 11.6. The number of benzene rings is 2. The van der Waals surface area contributed by atoms with Gasteiger partial charge in [0, 0.05) is 0 Å². The summed E-state index contributed by atoms with van der Waals surface area (Å²) in [6.07, 6.45) is 1.85. The van der Waals surface area contributed by atoms with E-state index in [-0.39, 0.29) is 11.9 Å². The highest BCUT2D eigenvalue weighted by atomic mass is 32.2. The van der Waals surface area contributed by atoms with Crippen LogP contribution in [-0.4, -0.2) is 26.6 Å². The molecule has 0 saturated heterocycles. The molecule has 0 aliphatic heterocycles. The Morgan fingerprint density at radius 1 is 1.00 bits per heavy atom. The smallest absolute Gasteiger partial charge is 0.244 e. The summed E-state index contributed by atoms with van der Waals surface area (Å²) in [5.74, 6) is -0.319. The molecule has 5 nitrogen and oxygen atoms in total. The number of aryl methyl sites for hydroxylation is 4. The van der Waals surface area contributed by atoms with E-state index in [2.05, 4.69) is 11.4 Å². The quantitative estimate of drug-likeness (QED) is 0.730. The molecule has 0 unspecified atom stereocenters. The van der Waals surface area contributed by atoms with Crippen LogP contribution in [0.1, 0.15) is 54.1 Å². The van der Waals surface area contributed by atoms with E-state index in [0.29, 0.717) is 12.1 Å². The van der Waals surface area contributed by atoms with Crippen molar-refractivity contribution in [3.63, 3.8) is 0 Å². The third kappa shape index (κ3) is 5.38. The van der Waals surface area contributed by atoms with Gasteiger partial charge in [-0.25, -0.2) is 8.42 Å². The molecule has 0 bridgehead atoms. The monoisotopic (exact) mass is 416 g/mol. The minimum atomic E-state index is -3.64. The molecule has 0 radical (unpaired) electrons. The maximum atomic E-state index is 13.1. The Morgan fingerprint density at radius 2 is 1.66 bits per heavy atom. The van der Waals surface area contributed by atoms with Gasteiger partial charge >= 0.3 is 0 Å². The van der Waals surface area contributed by atoms with E-state index in [9.17, 15) is 13.2 Å². The molecular formula is C23H32N2O3S. The molecule has 0 aromatic heterocycles. The van der Waals surface area contributed by atoms with Crippen molar-refractivity contribution in [2.45, 2.75) is 60.0 Å². The zero-order valence-corrected chi connectivity index (χ0v) is 19.2. The Morgan fingerprint density at radius 3 is 2.17 bits per heavy atom. The predicted molar refractivity (Wildman–Crippen MR) is 120 cm³/mol. The van der Waals surface area contributed by atoms with Gasteiger partial charge in [0.1, 0.15) is 6.04 Å². The van der Waals surface area contributed by atoms with Crippen LogP contribution in [0.25, 0.3) is 0 Å². The molecule has 29 heavy (non-hydrogen) atoms. The van der Waals surface area contributed by atoms with Crippen molar-refractivity contribution in [1.82, 2.24) is 5.32 Å². The molecule has 2 aromatic carbocycles. The van der Waals surface area contributed by atoms with Crippen LogP contribution in [0.5, 0.6) is 0 Å². The number of sulfonamides is 1. The number of nitrogens with one attached hydrogen (secondary N) is 1. The second kappa shape index (κ2) is 8.99. The topological polar surface area (TPSA) is 66.5 Å². The van der Waals surface area contributed by atoms with Gasteiger partial charge in [0.05, 0.1) is 18.0 Å². The highest BCUT2D eigenvalue weighted by Gasteiger charge is 2.30. The number of hydrogen-bond donors (Lipinski definition) is 1. The van der Waals surface area contributed by atoms with E-state index in [1.807, 2.05) is 58.9 Å². The van der Waals surface area contributed by atoms with Crippen molar-refractivity contribution in [3.05, 3.63) is 64.2 Å². The first-order valence-corrected chi connectivity index (χ1v) is 11.7. The normalized spacial score (nSPS) is 13.6. The van der Waals surface area contributed by atoms with Gasteiger partial charge < -0.3 is 5.32 Å². The van der Waals surface area contributed by atoms with E-state index in [1.54, 1.807) is 13.0 Å². The second-order valence-electron chi connectivity index (χ2n) is 7.83. The number of hydrogen-bond acceptors (Lipinski definition) is 3. The van der Waals surface area contributed by atoms with E-state index < -0.39 is 16.1 Å². The van der Waals surface area contributed by atoms with Crippen molar-refractivity contribution in [2.75, 3.05) is 10.6 Å². The molecule has 1 amide bonds. The number of anilines is 1. The third-order valence-corrected chi connectivity index (χ3v) is 6.60. The summed E-state index contributed by atoms with van der Waals surface area (Å²) in [5.41, 5.74) is 5.87. The van der Waals surface area contributed by atoms with E-state index in [1.165, 1.54) is 9.87 Å². The van der Waals surface area contributed by atoms with Gasteiger partial charge in [0.15, 0.2) is 0 Å². The van der Waals surface area contributed by atoms with E-state index in [4.69, 9.17) is 0 Å². The average Bonchev–Trinajstić information content (AvgIpc) is 2.62. The molecule has 158 valence electrons. The lowest BCUT2D eigenvalue weighted by atomic mass is 9.97. The van der Waals surface area contributed by atoms with Crippen molar-refractivity contribution in [2.24, 2.45) is 0 Å². The summed E-state index contributed by atoms with van der Waals surface area (Å²) in [6, 6.07) is 10.5. The average molecular weight is 417 g/mol. The fourth-order valence-corrected chi connectivity index (χ4v) is 4.75. The van der Waals surface area contributed by atoms with Gasteiger partial charge in [-0.1, -0.05) is 36.8 Å². The number of carbonyl (C=O) groups is 1. The minimum absolute atomic E-state index is 0.174. The van der Waals surface area contributed by atoms with Crippen molar-refractivity contribution in [1.29, 1.82) is 0 Å². The van der Waals surface area contributed by atoms with Crippen LogP contribution in [0.3, 0.4) is 0 Å². The molecular weight excluding hydrogens is 384 g/mol. The predicted octanol–water partition coefficient (Wildman–Crippen LogP) is 4.34. The lowest BCUT2D eigenvalue weighted by Crippen LogP contribution is -2.48. The molecule has 1 N–H and O–H groups in total. The Labute approximate surface area is 175 Å². The summed E-state index contributed by atoms with van der Waals surface area (Å²) >= 11 is 0. The molecule has 0 aliphatic carbocycles. The molecule has 0 saturated carbocycles. The second-order valence-corrected chi connectivity index (χ2v) is 9.69. The number of carbonyl (C=O) groups excluding carboxylic acids is 1. The largest absolute Gasteiger partial charge is 0.347 e. The van der Waals surface area contributed by atoms with Crippen molar-refractivity contribution < 1.29 is 13.2 Å². The van der Waals surface area contributed by atoms with Crippen LogP contribution >= 0.6 is 0 Å². The first-order chi connectivity index (χ1) is 13.5. The van der Waals surface area contributed by atoms with Gasteiger partial charge in [0.2, 0.25) is 15.9 Å². The molecule has 2 atom stereocenters. The van der Waals surface area contributed by atoms with Crippen molar-refractivity contribution in [3.8, 4) is 0 Å². The number of nitrogens with zero attached hydrogens (tertiary/aromatic N) is 1. The van der Waals surface area contributed by atoms with Gasteiger partial charge in [-0.05, 0) is 75.4 Å². The number of amides is 1. The first kappa shape index (κ1) is 22.9. The highest BCUT2D eigenvalue weighted by molar-refractivity contribution is 7.92. The Kier molecular flexibility index (Phi) is 7.11.